The van der Waals surface area contributed by atoms with Crippen LogP contribution >= 0.6 is 0 Å². The fourth-order valence-electron chi connectivity index (χ4n) is 3.06. The van der Waals surface area contributed by atoms with Gasteiger partial charge in [0.1, 0.15) is 18.0 Å². The summed E-state index contributed by atoms with van der Waals surface area (Å²) >= 11 is 0. The van der Waals surface area contributed by atoms with Crippen LogP contribution < -0.4 is 21.5 Å². The minimum absolute atomic E-state index is 0.0934. The fourth-order valence-corrected chi connectivity index (χ4v) is 3.06. The molecule has 4 rings (SSSR count). The number of nitrogens with zero attached hydrogens (tertiary/aromatic N) is 7. The van der Waals surface area contributed by atoms with E-state index in [1.807, 2.05) is 0 Å². The third-order valence-electron chi connectivity index (χ3n) is 4.78. The van der Waals surface area contributed by atoms with E-state index in [2.05, 4.69) is 30.6 Å². The van der Waals surface area contributed by atoms with Crippen molar-refractivity contribution < 1.29 is 18.3 Å². The number of ether oxygens (including phenoxy) is 2. The van der Waals surface area contributed by atoms with Gasteiger partial charge >= 0.3 is 5.69 Å². The normalized spacial score (nSPS) is 14.5. The van der Waals surface area contributed by atoms with E-state index in [1.54, 1.807) is 0 Å². The Morgan fingerprint density at radius 1 is 1.22 bits per heavy atom. The lowest BCUT2D eigenvalue weighted by atomic mass is 10.2. The van der Waals surface area contributed by atoms with Crippen LogP contribution in [-0.2, 0) is 11.8 Å². The maximum absolute atomic E-state index is 14.8. The maximum Gasteiger partial charge on any atom is 0.368 e. The first kappa shape index (κ1) is 21.6. The molecule has 0 spiro atoms. The van der Waals surface area contributed by atoms with Gasteiger partial charge in [-0.1, -0.05) is 0 Å². The van der Waals surface area contributed by atoms with E-state index in [0.29, 0.717) is 19.8 Å². The van der Waals surface area contributed by atoms with E-state index in [0.717, 1.165) is 34.7 Å². The van der Waals surface area contributed by atoms with Gasteiger partial charge in [-0.2, -0.15) is 14.3 Å². The molecule has 12 nitrogen and oxygen atoms in total. The summed E-state index contributed by atoms with van der Waals surface area (Å²) in [5.74, 6) is -1.92. The Kier molecular flexibility index (Phi) is 6.23. The third kappa shape index (κ3) is 4.65. The van der Waals surface area contributed by atoms with Gasteiger partial charge in [-0.25, -0.2) is 18.6 Å². The van der Waals surface area contributed by atoms with Crippen LogP contribution in [-0.4, -0.2) is 74.1 Å². The summed E-state index contributed by atoms with van der Waals surface area (Å²) in [7, 11) is 1.43. The third-order valence-corrected chi connectivity index (χ3v) is 4.78. The predicted octanol–water partition coefficient (Wildman–Crippen LogP) is 0.0710. The van der Waals surface area contributed by atoms with Crippen molar-refractivity contribution in [2.24, 2.45) is 7.05 Å². The van der Waals surface area contributed by atoms with Crippen molar-refractivity contribution in [3.05, 3.63) is 40.4 Å². The molecule has 2 aromatic heterocycles. The Balaban J connectivity index is 1.62. The van der Waals surface area contributed by atoms with Gasteiger partial charge in [-0.05, 0) is 16.5 Å². The predicted molar refractivity (Wildman–Crippen MR) is 109 cm³/mol. The van der Waals surface area contributed by atoms with E-state index in [9.17, 15) is 13.6 Å². The van der Waals surface area contributed by atoms with Gasteiger partial charge in [-0.15, -0.1) is 0 Å². The monoisotopic (exact) mass is 449 g/mol. The molecule has 3 heterocycles. The molecular weight excluding hydrogens is 428 g/mol. The SMILES string of the molecule is Cn1nnn(-c2cc(Nc3ncc(F)c(N)n3)c(F)cc2OCCN2CCOCC2)c1=O. The number of hydrogen-bond acceptors (Lipinski definition) is 10. The van der Waals surface area contributed by atoms with Crippen LogP contribution in [0.2, 0.25) is 0 Å². The lowest BCUT2D eigenvalue weighted by molar-refractivity contribution is 0.0322. The first-order valence-electron chi connectivity index (χ1n) is 9.73. The van der Waals surface area contributed by atoms with Crippen molar-refractivity contribution in [3.63, 3.8) is 0 Å². The minimum Gasteiger partial charge on any atom is -0.490 e. The minimum atomic E-state index is -0.799. The molecule has 0 amide bonds. The second-order valence-electron chi connectivity index (χ2n) is 6.95. The molecule has 1 fully saturated rings. The summed E-state index contributed by atoms with van der Waals surface area (Å²) in [4.78, 5) is 22.0. The van der Waals surface area contributed by atoms with Crippen LogP contribution in [0.4, 0.5) is 26.2 Å². The standard InChI is InChI=1S/C18H21F2N9O3/c1-27-18(30)29(26-25-27)14-9-13(23-17-22-10-12(20)16(21)24-17)11(19)8-15(14)32-7-4-28-2-5-31-6-3-28/h8-10H,2-7H2,1H3,(H3,21,22,23,24). The number of nitrogens with one attached hydrogen (secondary N) is 1. The summed E-state index contributed by atoms with van der Waals surface area (Å²) in [6, 6.07) is 2.42. The highest BCUT2D eigenvalue weighted by molar-refractivity contribution is 5.63. The van der Waals surface area contributed by atoms with Crippen LogP contribution in [0.15, 0.2) is 23.1 Å². The molecule has 0 aliphatic carbocycles. The molecule has 3 aromatic rings. The van der Waals surface area contributed by atoms with Gasteiger partial charge < -0.3 is 20.5 Å². The topological polar surface area (TPSA) is 138 Å². The van der Waals surface area contributed by atoms with Crippen molar-refractivity contribution in [1.82, 2.24) is 34.7 Å². The second kappa shape index (κ2) is 9.23. The average molecular weight is 449 g/mol. The van der Waals surface area contributed by atoms with Gasteiger partial charge in [-0.3, -0.25) is 4.90 Å². The Bertz CT molecular complexity index is 1160. The Morgan fingerprint density at radius 2 is 2.00 bits per heavy atom. The molecule has 1 aromatic carbocycles. The molecule has 1 aliphatic rings. The summed E-state index contributed by atoms with van der Waals surface area (Å²) in [6.07, 6.45) is 0.861. The number of anilines is 3. The van der Waals surface area contributed by atoms with Crippen LogP contribution in [0.25, 0.3) is 5.69 Å². The van der Waals surface area contributed by atoms with Crippen molar-refractivity contribution in [1.29, 1.82) is 0 Å². The lowest BCUT2D eigenvalue weighted by Gasteiger charge is -2.26. The number of halogens is 2. The molecule has 170 valence electrons. The van der Waals surface area contributed by atoms with Crippen LogP contribution in [0.3, 0.4) is 0 Å². The quantitative estimate of drug-likeness (QED) is 0.510. The molecule has 3 N–H and O–H groups in total. The highest BCUT2D eigenvalue weighted by atomic mass is 19.1. The van der Waals surface area contributed by atoms with Crippen LogP contribution in [0.5, 0.6) is 5.75 Å². The fraction of sp³-hybridized carbons (Fsp3) is 0.389. The van der Waals surface area contributed by atoms with E-state index < -0.39 is 23.1 Å². The molecule has 32 heavy (non-hydrogen) atoms. The summed E-state index contributed by atoms with van der Waals surface area (Å²) in [6.45, 7) is 3.69. The molecule has 0 atom stereocenters. The number of aromatic nitrogens is 6. The van der Waals surface area contributed by atoms with Gasteiger partial charge in [0.15, 0.2) is 17.5 Å². The van der Waals surface area contributed by atoms with E-state index >= 15 is 0 Å². The molecule has 1 saturated heterocycles. The van der Waals surface area contributed by atoms with Gasteiger partial charge in [0.25, 0.3) is 0 Å². The number of nitrogen functional groups attached to an aromatic ring is 1. The summed E-state index contributed by atoms with van der Waals surface area (Å²) in [5, 5.41) is 10.1. The highest BCUT2D eigenvalue weighted by Crippen LogP contribution is 2.30. The van der Waals surface area contributed by atoms with E-state index in [1.165, 1.54) is 13.1 Å². The molecule has 0 unspecified atom stereocenters. The molecule has 0 saturated carbocycles. The number of rotatable bonds is 7. The molecule has 1 aliphatic heterocycles. The van der Waals surface area contributed by atoms with E-state index in [4.69, 9.17) is 15.2 Å². The number of benzene rings is 1. The van der Waals surface area contributed by atoms with Crippen LogP contribution in [0, 0.1) is 11.6 Å². The van der Waals surface area contributed by atoms with Gasteiger partial charge in [0.2, 0.25) is 5.95 Å². The van der Waals surface area contributed by atoms with Gasteiger partial charge in [0.05, 0.1) is 25.1 Å². The smallest absolute Gasteiger partial charge is 0.368 e. The number of hydrogen-bond donors (Lipinski definition) is 2. The average Bonchev–Trinajstić information content (AvgIpc) is 3.11. The zero-order chi connectivity index (χ0) is 22.7. The van der Waals surface area contributed by atoms with Crippen molar-refractivity contribution in [3.8, 4) is 11.4 Å². The van der Waals surface area contributed by atoms with Crippen molar-refractivity contribution >= 4 is 17.5 Å². The van der Waals surface area contributed by atoms with Crippen molar-refractivity contribution in [2.75, 3.05) is 50.5 Å². The zero-order valence-corrected chi connectivity index (χ0v) is 17.2. The zero-order valence-electron chi connectivity index (χ0n) is 17.2. The summed E-state index contributed by atoms with van der Waals surface area (Å²) in [5.41, 5.74) is 4.95. The summed E-state index contributed by atoms with van der Waals surface area (Å²) < 4.78 is 41.3. The maximum atomic E-state index is 14.8. The Labute approximate surface area is 180 Å². The first-order valence-corrected chi connectivity index (χ1v) is 9.73. The molecule has 0 bridgehead atoms. The number of tetrazole rings is 1. The van der Waals surface area contributed by atoms with Crippen molar-refractivity contribution in [2.45, 2.75) is 0 Å². The molecular formula is C18H21F2N9O3. The highest BCUT2D eigenvalue weighted by Gasteiger charge is 2.19. The van der Waals surface area contributed by atoms with E-state index in [-0.39, 0.29) is 29.7 Å². The largest absolute Gasteiger partial charge is 0.490 e. The Morgan fingerprint density at radius 3 is 2.69 bits per heavy atom. The second-order valence-corrected chi connectivity index (χ2v) is 6.95. The van der Waals surface area contributed by atoms with Gasteiger partial charge in [0, 0.05) is 32.7 Å². The molecule has 14 heteroatoms. The van der Waals surface area contributed by atoms with Crippen LogP contribution in [0.1, 0.15) is 0 Å². The Hall–Kier alpha value is -3.65. The lowest BCUT2D eigenvalue weighted by Crippen LogP contribution is -2.38. The number of morpholine rings is 1. The number of aryl methyl sites for hydroxylation is 1. The number of nitrogens with two attached hydrogens (primary N) is 1. The first-order chi connectivity index (χ1) is 15.4. The molecule has 0 radical (unpaired) electrons.